The fourth-order valence-electron chi connectivity index (χ4n) is 3.65. The van der Waals surface area contributed by atoms with Crippen molar-refractivity contribution < 1.29 is 14.3 Å². The van der Waals surface area contributed by atoms with E-state index in [9.17, 15) is 5.11 Å². The lowest BCUT2D eigenvalue weighted by atomic mass is 10.0. The van der Waals surface area contributed by atoms with Crippen molar-refractivity contribution >= 4 is 29.9 Å². The van der Waals surface area contributed by atoms with E-state index in [0.29, 0.717) is 18.9 Å². The summed E-state index contributed by atoms with van der Waals surface area (Å²) in [6, 6.07) is 15.1. The van der Waals surface area contributed by atoms with Gasteiger partial charge >= 0.3 is 0 Å². The van der Waals surface area contributed by atoms with E-state index in [1.54, 1.807) is 0 Å². The molecular weight excluding hydrogens is 392 g/mol. The number of para-hydroxylation sites is 1. The topological polar surface area (TPSA) is 60.4 Å². The van der Waals surface area contributed by atoms with E-state index < -0.39 is 14.2 Å². The maximum Gasteiger partial charge on any atom is 0.139 e. The van der Waals surface area contributed by atoms with Gasteiger partial charge in [0.15, 0.2) is 0 Å². The molecule has 0 fully saturated rings. The van der Waals surface area contributed by atoms with E-state index in [0.717, 1.165) is 45.7 Å². The van der Waals surface area contributed by atoms with Crippen LogP contribution in [0.2, 0.25) is 25.7 Å². The van der Waals surface area contributed by atoms with Gasteiger partial charge in [-0.3, -0.25) is 0 Å². The summed E-state index contributed by atoms with van der Waals surface area (Å²) in [7, 11) is -1.08. The molecule has 1 unspecified atom stereocenters. The van der Waals surface area contributed by atoms with Crippen molar-refractivity contribution in [2.75, 3.05) is 6.61 Å². The number of aromatic nitrogens is 2. The van der Waals surface area contributed by atoms with E-state index in [1.807, 2.05) is 41.2 Å². The third-order valence-electron chi connectivity index (χ3n) is 5.33. The molecular formula is C24H30N2O3Si. The van der Waals surface area contributed by atoms with Crippen LogP contribution in [0.1, 0.15) is 23.0 Å². The molecule has 1 atom stereocenters. The minimum absolute atomic E-state index is 0.468. The number of rotatable bonds is 8. The number of nitrogens with zero attached hydrogens (tertiary/aromatic N) is 2. The van der Waals surface area contributed by atoms with Crippen molar-refractivity contribution in [1.29, 1.82) is 0 Å². The van der Waals surface area contributed by atoms with Crippen molar-refractivity contribution in [3.63, 3.8) is 0 Å². The van der Waals surface area contributed by atoms with E-state index in [-0.39, 0.29) is 0 Å². The Morgan fingerprint density at radius 3 is 2.70 bits per heavy atom. The molecule has 0 radical (unpaired) electrons. The standard InChI is InChI=1S/C24H30N2O3Si/c1-17-11-18(13-21(27)23-14-19-7-5-6-8-22(19)29-23)12-20-15-26(25-24(17)20)16-28-9-10-30(2,3)4/h5-8,11-12,14-15,21,27H,9-10,13,16H2,1-4H3. The molecule has 4 aromatic rings. The van der Waals surface area contributed by atoms with Crippen LogP contribution in [-0.4, -0.2) is 29.6 Å². The molecule has 158 valence electrons. The van der Waals surface area contributed by atoms with Crippen molar-refractivity contribution in [2.24, 2.45) is 0 Å². The molecule has 2 aromatic carbocycles. The van der Waals surface area contributed by atoms with E-state index in [1.165, 1.54) is 0 Å². The smallest absolute Gasteiger partial charge is 0.139 e. The van der Waals surface area contributed by atoms with Crippen LogP contribution in [0.25, 0.3) is 21.9 Å². The number of hydrogen-bond acceptors (Lipinski definition) is 4. The van der Waals surface area contributed by atoms with Gasteiger partial charge in [-0.1, -0.05) is 43.9 Å². The lowest BCUT2D eigenvalue weighted by Gasteiger charge is -2.15. The number of aryl methyl sites for hydroxylation is 1. The van der Waals surface area contributed by atoms with Crippen LogP contribution in [0.4, 0.5) is 0 Å². The summed E-state index contributed by atoms with van der Waals surface area (Å²) in [5, 5.41) is 17.5. The molecule has 0 aliphatic carbocycles. The Balaban J connectivity index is 1.46. The van der Waals surface area contributed by atoms with Crippen LogP contribution in [0.5, 0.6) is 0 Å². The molecule has 0 saturated heterocycles. The van der Waals surface area contributed by atoms with Crippen LogP contribution in [0, 0.1) is 6.92 Å². The Morgan fingerprint density at radius 2 is 1.93 bits per heavy atom. The molecule has 0 spiro atoms. The highest BCUT2D eigenvalue weighted by Gasteiger charge is 2.16. The van der Waals surface area contributed by atoms with Gasteiger partial charge < -0.3 is 14.3 Å². The highest BCUT2D eigenvalue weighted by molar-refractivity contribution is 6.76. The average Bonchev–Trinajstić information content (AvgIpc) is 3.28. The Bertz CT molecular complexity index is 1120. The van der Waals surface area contributed by atoms with Crippen LogP contribution >= 0.6 is 0 Å². The van der Waals surface area contributed by atoms with E-state index in [2.05, 4.69) is 43.8 Å². The van der Waals surface area contributed by atoms with Gasteiger partial charge in [0, 0.05) is 38.1 Å². The molecule has 2 aromatic heterocycles. The zero-order valence-electron chi connectivity index (χ0n) is 18.2. The van der Waals surface area contributed by atoms with Gasteiger partial charge in [0.1, 0.15) is 24.2 Å². The van der Waals surface area contributed by atoms with Gasteiger partial charge in [-0.25, -0.2) is 4.68 Å². The largest absolute Gasteiger partial charge is 0.458 e. The number of ether oxygens (including phenoxy) is 1. The van der Waals surface area contributed by atoms with Gasteiger partial charge in [0.05, 0.1) is 5.52 Å². The maximum atomic E-state index is 10.7. The average molecular weight is 423 g/mol. The zero-order valence-corrected chi connectivity index (χ0v) is 19.2. The van der Waals surface area contributed by atoms with Crippen LogP contribution in [0.15, 0.2) is 53.1 Å². The second kappa shape index (κ2) is 8.38. The van der Waals surface area contributed by atoms with E-state index in [4.69, 9.17) is 9.15 Å². The fourth-order valence-corrected chi connectivity index (χ4v) is 4.40. The lowest BCUT2D eigenvalue weighted by Crippen LogP contribution is -2.22. The molecule has 5 nitrogen and oxygen atoms in total. The quantitative estimate of drug-likeness (QED) is 0.293. The van der Waals surface area contributed by atoms with Crippen LogP contribution in [0.3, 0.4) is 0 Å². The van der Waals surface area contributed by atoms with Gasteiger partial charge in [0.2, 0.25) is 0 Å². The molecule has 2 heterocycles. The number of aliphatic hydroxyl groups is 1. The van der Waals surface area contributed by atoms with Crippen molar-refractivity contribution in [2.45, 2.75) is 51.9 Å². The first-order valence-electron chi connectivity index (χ1n) is 10.5. The monoisotopic (exact) mass is 422 g/mol. The Labute approximate surface area is 178 Å². The Morgan fingerprint density at radius 1 is 1.13 bits per heavy atom. The molecule has 0 aliphatic heterocycles. The van der Waals surface area contributed by atoms with Crippen molar-refractivity contribution in [3.05, 3.63) is 65.5 Å². The molecule has 1 N–H and O–H groups in total. The minimum atomic E-state index is -1.08. The number of hydrogen-bond donors (Lipinski definition) is 1. The second-order valence-electron chi connectivity index (χ2n) is 9.27. The summed E-state index contributed by atoms with van der Waals surface area (Å²) >= 11 is 0. The molecule has 0 saturated carbocycles. The van der Waals surface area contributed by atoms with Crippen molar-refractivity contribution in [1.82, 2.24) is 9.78 Å². The van der Waals surface area contributed by atoms with Gasteiger partial charge in [-0.15, -0.1) is 0 Å². The van der Waals surface area contributed by atoms with E-state index >= 15 is 0 Å². The first kappa shape index (κ1) is 20.8. The summed E-state index contributed by atoms with van der Waals surface area (Å²) < 4.78 is 13.5. The van der Waals surface area contributed by atoms with Crippen LogP contribution in [-0.2, 0) is 17.9 Å². The van der Waals surface area contributed by atoms with Gasteiger partial charge in [-0.2, -0.15) is 5.10 Å². The molecule has 0 amide bonds. The lowest BCUT2D eigenvalue weighted by molar-refractivity contribution is 0.0791. The summed E-state index contributed by atoms with van der Waals surface area (Å²) in [5.41, 5.74) is 3.94. The first-order valence-corrected chi connectivity index (χ1v) is 14.2. The SMILES string of the molecule is Cc1cc(CC(O)c2cc3ccccc3o2)cc2cn(COCC[Si](C)(C)C)nc12. The van der Waals surface area contributed by atoms with Crippen molar-refractivity contribution in [3.8, 4) is 0 Å². The number of furan rings is 1. The highest BCUT2D eigenvalue weighted by atomic mass is 28.3. The highest BCUT2D eigenvalue weighted by Crippen LogP contribution is 2.28. The molecule has 0 aliphatic rings. The van der Waals surface area contributed by atoms with Crippen LogP contribution < -0.4 is 0 Å². The maximum absolute atomic E-state index is 10.7. The summed E-state index contributed by atoms with van der Waals surface area (Å²) in [6.45, 7) is 10.4. The third kappa shape index (κ3) is 4.83. The van der Waals surface area contributed by atoms with Gasteiger partial charge in [0.25, 0.3) is 0 Å². The molecule has 0 bridgehead atoms. The molecule has 6 heteroatoms. The zero-order chi connectivity index (χ0) is 21.3. The van der Waals surface area contributed by atoms with Gasteiger partial charge in [-0.05, 0) is 42.3 Å². The summed E-state index contributed by atoms with van der Waals surface area (Å²) in [6.07, 6.45) is 1.83. The number of aliphatic hydroxyl groups excluding tert-OH is 1. The first-order chi connectivity index (χ1) is 14.3. The summed E-state index contributed by atoms with van der Waals surface area (Å²) in [4.78, 5) is 0. The third-order valence-corrected chi connectivity index (χ3v) is 7.03. The predicted octanol–water partition coefficient (Wildman–Crippen LogP) is 5.68. The second-order valence-corrected chi connectivity index (χ2v) is 14.9. The predicted molar refractivity (Wildman–Crippen MR) is 123 cm³/mol. The Hall–Kier alpha value is -2.41. The number of benzene rings is 2. The molecule has 4 rings (SSSR count). The molecule has 30 heavy (non-hydrogen) atoms. The summed E-state index contributed by atoms with van der Waals surface area (Å²) in [5.74, 6) is 0.598. The normalized spacial score (nSPS) is 13.4. The number of fused-ring (bicyclic) bond motifs is 2. The Kier molecular flexibility index (Phi) is 5.82. The minimum Gasteiger partial charge on any atom is -0.458 e. The fraction of sp³-hybridized carbons (Fsp3) is 0.375.